The minimum absolute atomic E-state index is 0.134. The summed E-state index contributed by atoms with van der Waals surface area (Å²) in [4.78, 5) is 20.6. The Hall–Kier alpha value is -3.02. The molecule has 1 fully saturated rings. The van der Waals surface area contributed by atoms with Gasteiger partial charge in [0.25, 0.3) is 0 Å². The third kappa shape index (κ3) is 4.27. The van der Waals surface area contributed by atoms with Crippen LogP contribution in [0.2, 0.25) is 0 Å². The van der Waals surface area contributed by atoms with Crippen molar-refractivity contribution in [3.63, 3.8) is 0 Å². The highest BCUT2D eigenvalue weighted by Crippen LogP contribution is 2.26. The van der Waals surface area contributed by atoms with Gasteiger partial charge in [0.05, 0.1) is 5.52 Å². The number of benzene rings is 2. The second-order valence-electron chi connectivity index (χ2n) is 7.23. The maximum absolute atomic E-state index is 13.5. The molecule has 6 heteroatoms. The highest BCUT2D eigenvalue weighted by atomic mass is 19.1. The van der Waals surface area contributed by atoms with Gasteiger partial charge in [0.2, 0.25) is 5.91 Å². The molecule has 2 aromatic carbocycles. The van der Waals surface area contributed by atoms with Gasteiger partial charge in [-0.25, -0.2) is 14.4 Å². The molecular formula is C22H23FN4O. The van der Waals surface area contributed by atoms with E-state index in [4.69, 9.17) is 0 Å². The summed E-state index contributed by atoms with van der Waals surface area (Å²) in [6.07, 6.45) is 6.56. The molecule has 1 aliphatic carbocycles. The van der Waals surface area contributed by atoms with E-state index < -0.39 is 0 Å². The van der Waals surface area contributed by atoms with Gasteiger partial charge in [-0.1, -0.05) is 25.0 Å². The highest BCUT2D eigenvalue weighted by molar-refractivity contribution is 5.92. The van der Waals surface area contributed by atoms with Crippen LogP contribution in [0.5, 0.6) is 0 Å². The molecule has 0 radical (unpaired) electrons. The van der Waals surface area contributed by atoms with Gasteiger partial charge in [-0.15, -0.1) is 0 Å². The summed E-state index contributed by atoms with van der Waals surface area (Å²) >= 11 is 0. The van der Waals surface area contributed by atoms with Crippen LogP contribution in [-0.4, -0.2) is 22.4 Å². The summed E-state index contributed by atoms with van der Waals surface area (Å²) in [6, 6.07) is 12.4. The molecule has 2 N–H and O–H groups in total. The summed E-state index contributed by atoms with van der Waals surface area (Å²) in [6.45, 7) is 0.663. The van der Waals surface area contributed by atoms with Crippen molar-refractivity contribution in [3.8, 4) is 0 Å². The Labute approximate surface area is 163 Å². The summed E-state index contributed by atoms with van der Waals surface area (Å²) in [5.74, 6) is 0.622. The third-order valence-corrected chi connectivity index (χ3v) is 5.25. The smallest absolute Gasteiger partial charge is 0.227 e. The van der Waals surface area contributed by atoms with Crippen molar-refractivity contribution in [1.29, 1.82) is 0 Å². The van der Waals surface area contributed by atoms with E-state index in [0.717, 1.165) is 43.4 Å². The molecule has 3 aromatic rings. The lowest BCUT2D eigenvalue weighted by atomic mass is 10.1. The van der Waals surface area contributed by atoms with Crippen LogP contribution in [0.1, 0.15) is 31.2 Å². The fourth-order valence-corrected chi connectivity index (χ4v) is 3.68. The second-order valence-corrected chi connectivity index (χ2v) is 7.23. The van der Waals surface area contributed by atoms with Crippen molar-refractivity contribution >= 4 is 28.3 Å². The highest BCUT2D eigenvalue weighted by Gasteiger charge is 2.22. The minimum Gasteiger partial charge on any atom is -0.369 e. The Morgan fingerprint density at radius 3 is 2.64 bits per heavy atom. The van der Waals surface area contributed by atoms with Crippen LogP contribution in [0.25, 0.3) is 10.9 Å². The molecule has 1 saturated carbocycles. The van der Waals surface area contributed by atoms with Crippen LogP contribution >= 0.6 is 0 Å². The molecule has 1 aliphatic rings. The molecule has 1 heterocycles. The lowest BCUT2D eigenvalue weighted by Gasteiger charge is -2.11. The SMILES string of the molecule is O=C(Nc1ccc(CCNc2ncnc3ccc(F)cc23)cc1)C1CCCC1. The molecule has 0 bridgehead atoms. The standard InChI is InChI=1S/C22H23FN4O/c23-17-7-10-20-19(13-17)21(26-14-25-20)24-12-11-15-5-8-18(9-6-15)27-22(28)16-3-1-2-4-16/h5-10,13-14,16H,1-4,11-12H2,(H,27,28)(H,24,25,26). The first-order chi connectivity index (χ1) is 13.7. The number of aromatic nitrogens is 2. The Kier molecular flexibility index (Phi) is 5.46. The molecule has 0 saturated heterocycles. The van der Waals surface area contributed by atoms with E-state index in [-0.39, 0.29) is 17.6 Å². The molecule has 1 aromatic heterocycles. The number of fused-ring (bicyclic) bond motifs is 1. The van der Waals surface area contributed by atoms with Gasteiger partial charge in [0, 0.05) is 23.5 Å². The van der Waals surface area contributed by atoms with E-state index in [9.17, 15) is 9.18 Å². The molecule has 1 amide bonds. The van der Waals surface area contributed by atoms with Gasteiger partial charge in [-0.3, -0.25) is 4.79 Å². The van der Waals surface area contributed by atoms with E-state index in [0.29, 0.717) is 23.3 Å². The normalized spacial score (nSPS) is 14.3. The Morgan fingerprint density at radius 1 is 1.07 bits per heavy atom. The van der Waals surface area contributed by atoms with E-state index in [1.165, 1.54) is 18.5 Å². The van der Waals surface area contributed by atoms with Crippen molar-refractivity contribution in [3.05, 3.63) is 60.2 Å². The van der Waals surface area contributed by atoms with Crippen molar-refractivity contribution in [2.24, 2.45) is 5.92 Å². The zero-order chi connectivity index (χ0) is 19.3. The van der Waals surface area contributed by atoms with Crippen LogP contribution in [0.4, 0.5) is 15.9 Å². The summed E-state index contributed by atoms with van der Waals surface area (Å²) in [7, 11) is 0. The predicted molar refractivity (Wildman–Crippen MR) is 109 cm³/mol. The number of hydrogen-bond donors (Lipinski definition) is 2. The van der Waals surface area contributed by atoms with Crippen molar-refractivity contribution in [2.75, 3.05) is 17.2 Å². The van der Waals surface area contributed by atoms with Gasteiger partial charge in [0.1, 0.15) is 18.0 Å². The quantitative estimate of drug-likeness (QED) is 0.660. The first-order valence-electron chi connectivity index (χ1n) is 9.73. The summed E-state index contributed by atoms with van der Waals surface area (Å²) in [5, 5.41) is 6.94. The Balaban J connectivity index is 1.33. The number of halogens is 1. The van der Waals surface area contributed by atoms with E-state index in [1.54, 1.807) is 6.07 Å². The van der Waals surface area contributed by atoms with E-state index >= 15 is 0 Å². The largest absolute Gasteiger partial charge is 0.369 e. The molecule has 144 valence electrons. The number of anilines is 2. The van der Waals surface area contributed by atoms with Gasteiger partial charge in [-0.2, -0.15) is 0 Å². The number of hydrogen-bond acceptors (Lipinski definition) is 4. The molecule has 0 aliphatic heterocycles. The van der Waals surface area contributed by atoms with Crippen molar-refractivity contribution in [2.45, 2.75) is 32.1 Å². The van der Waals surface area contributed by atoms with Crippen molar-refractivity contribution in [1.82, 2.24) is 9.97 Å². The second kappa shape index (κ2) is 8.33. The first-order valence-corrected chi connectivity index (χ1v) is 9.73. The fourth-order valence-electron chi connectivity index (χ4n) is 3.68. The van der Waals surface area contributed by atoms with Gasteiger partial charge in [0.15, 0.2) is 0 Å². The van der Waals surface area contributed by atoms with Crippen LogP contribution < -0.4 is 10.6 Å². The molecule has 0 atom stereocenters. The fraction of sp³-hybridized carbons (Fsp3) is 0.318. The van der Waals surface area contributed by atoms with Gasteiger partial charge in [-0.05, 0) is 55.2 Å². The number of rotatable bonds is 6. The molecule has 0 unspecified atom stereocenters. The maximum atomic E-state index is 13.5. The summed E-state index contributed by atoms with van der Waals surface area (Å²) < 4.78 is 13.5. The lowest BCUT2D eigenvalue weighted by Crippen LogP contribution is -2.20. The van der Waals surface area contributed by atoms with Crippen LogP contribution in [0.3, 0.4) is 0 Å². The van der Waals surface area contributed by atoms with Crippen molar-refractivity contribution < 1.29 is 9.18 Å². The topological polar surface area (TPSA) is 66.9 Å². The van der Waals surface area contributed by atoms with Gasteiger partial charge < -0.3 is 10.6 Å². The minimum atomic E-state index is -0.305. The van der Waals surface area contributed by atoms with Crippen LogP contribution in [-0.2, 0) is 11.2 Å². The Bertz CT molecular complexity index is 968. The molecule has 4 rings (SSSR count). The number of carbonyl (C=O) groups excluding carboxylic acids is 1. The van der Waals surface area contributed by atoms with E-state index in [1.807, 2.05) is 24.3 Å². The number of nitrogens with zero attached hydrogens (tertiary/aromatic N) is 2. The maximum Gasteiger partial charge on any atom is 0.227 e. The number of amides is 1. The molecular weight excluding hydrogens is 355 g/mol. The van der Waals surface area contributed by atoms with Gasteiger partial charge >= 0.3 is 0 Å². The lowest BCUT2D eigenvalue weighted by molar-refractivity contribution is -0.119. The average Bonchev–Trinajstić information content (AvgIpc) is 3.25. The zero-order valence-electron chi connectivity index (χ0n) is 15.6. The monoisotopic (exact) mass is 378 g/mol. The molecule has 5 nitrogen and oxygen atoms in total. The number of nitrogens with one attached hydrogen (secondary N) is 2. The number of carbonyl (C=O) groups is 1. The summed E-state index contributed by atoms with van der Waals surface area (Å²) in [5.41, 5.74) is 2.70. The predicted octanol–water partition coefficient (Wildman–Crippen LogP) is 4.55. The third-order valence-electron chi connectivity index (χ3n) is 5.25. The van der Waals surface area contributed by atoms with Crippen LogP contribution in [0.15, 0.2) is 48.8 Å². The van der Waals surface area contributed by atoms with Crippen LogP contribution in [0, 0.1) is 11.7 Å². The molecule has 0 spiro atoms. The first kappa shape index (κ1) is 18.3. The zero-order valence-corrected chi connectivity index (χ0v) is 15.6. The average molecular weight is 378 g/mol. The van der Waals surface area contributed by atoms with E-state index in [2.05, 4.69) is 20.6 Å². The Morgan fingerprint density at radius 2 is 1.86 bits per heavy atom. The molecule has 28 heavy (non-hydrogen) atoms.